The lowest BCUT2D eigenvalue weighted by molar-refractivity contribution is 1.16. The lowest BCUT2D eigenvalue weighted by Gasteiger charge is -2.13. The Morgan fingerprint density at radius 3 is 1.33 bits per heavy atom. The van der Waals surface area contributed by atoms with Crippen molar-refractivity contribution in [2.75, 3.05) is 0 Å². The van der Waals surface area contributed by atoms with E-state index in [0.29, 0.717) is 11.1 Å². The van der Waals surface area contributed by atoms with Crippen LogP contribution in [0, 0.1) is 22.7 Å². The lowest BCUT2D eigenvalue weighted by atomic mass is 9.99. The number of hydrogen-bond donors (Lipinski definition) is 0. The third kappa shape index (κ3) is 4.51. The summed E-state index contributed by atoms with van der Waals surface area (Å²) in [6.45, 7) is 0. The maximum atomic E-state index is 10.6. The molecule has 0 atom stereocenters. The van der Waals surface area contributed by atoms with Crippen molar-refractivity contribution >= 4 is 65.4 Å². The Morgan fingerprint density at radius 2 is 0.782 bits per heavy atom. The molecule has 254 valence electrons. The third-order valence-corrected chi connectivity index (χ3v) is 11.1. The second-order valence-electron chi connectivity index (χ2n) is 14.0. The first kappa shape index (κ1) is 30.7. The minimum absolute atomic E-state index is 0.586. The molecule has 5 nitrogen and oxygen atoms in total. The van der Waals surface area contributed by atoms with Gasteiger partial charge in [-0.25, -0.2) is 0 Å². The van der Waals surface area contributed by atoms with Crippen LogP contribution < -0.4 is 0 Å². The molecular weight excluding hydrogens is 671 g/mol. The summed E-state index contributed by atoms with van der Waals surface area (Å²) in [5.74, 6) is 0. The maximum Gasteiger partial charge on any atom is 0.0998 e. The summed E-state index contributed by atoms with van der Waals surface area (Å²) >= 11 is 0. The van der Waals surface area contributed by atoms with E-state index in [-0.39, 0.29) is 0 Å². The van der Waals surface area contributed by atoms with E-state index in [1.165, 1.54) is 21.5 Å². The van der Waals surface area contributed by atoms with E-state index in [1.807, 2.05) is 24.3 Å². The van der Waals surface area contributed by atoms with Crippen LogP contribution in [0.3, 0.4) is 0 Å². The highest BCUT2D eigenvalue weighted by Crippen LogP contribution is 2.39. The molecule has 0 fully saturated rings. The fourth-order valence-electron chi connectivity index (χ4n) is 8.73. The molecule has 0 saturated carbocycles. The smallest absolute Gasteiger partial charge is 0.0998 e. The average molecular weight is 700 g/mol. The Morgan fingerprint density at radius 1 is 0.327 bits per heavy atom. The molecule has 0 aliphatic rings. The van der Waals surface area contributed by atoms with Gasteiger partial charge in [-0.3, -0.25) is 0 Å². The summed E-state index contributed by atoms with van der Waals surface area (Å²) in [4.78, 5) is 0. The van der Waals surface area contributed by atoms with Crippen molar-refractivity contribution in [3.63, 3.8) is 0 Å². The standard InChI is InChI=1S/C50H29N5/c51-30-32-20-24-49-43(26-32)44-29-37(55-47-18-7-3-14-41(47)42-15-4-8-19-48(42)55)22-25-50(44)54(49)36-21-23-38(34(28-36)31-52)33-10-9-11-35(27-33)53-45-16-5-1-12-39(45)40-13-2-6-17-46(40)53/h1-29H. The number of para-hydroxylation sites is 4. The van der Waals surface area contributed by atoms with Gasteiger partial charge in [0.1, 0.15) is 0 Å². The minimum Gasteiger partial charge on any atom is -0.309 e. The highest BCUT2D eigenvalue weighted by Gasteiger charge is 2.19. The zero-order chi connectivity index (χ0) is 36.6. The number of fused-ring (bicyclic) bond motifs is 9. The van der Waals surface area contributed by atoms with Crippen molar-refractivity contribution in [2.45, 2.75) is 0 Å². The van der Waals surface area contributed by atoms with Crippen LogP contribution in [0.25, 0.3) is 93.6 Å². The summed E-state index contributed by atoms with van der Waals surface area (Å²) in [5.41, 5.74) is 12.5. The van der Waals surface area contributed by atoms with Gasteiger partial charge in [-0.05, 0) is 96.1 Å². The Hall–Kier alpha value is -7.86. The number of benzene rings is 8. The predicted octanol–water partition coefficient (Wildman–Crippen LogP) is 12.4. The molecule has 0 spiro atoms. The molecule has 0 amide bonds. The van der Waals surface area contributed by atoms with Gasteiger partial charge in [0.25, 0.3) is 0 Å². The molecular formula is C50H29N5. The van der Waals surface area contributed by atoms with Gasteiger partial charge in [0.2, 0.25) is 0 Å². The van der Waals surface area contributed by atoms with Gasteiger partial charge in [0.15, 0.2) is 0 Å². The monoisotopic (exact) mass is 699 g/mol. The Balaban J connectivity index is 1.08. The summed E-state index contributed by atoms with van der Waals surface area (Å²) in [6, 6.07) is 65.9. The molecule has 3 heterocycles. The first-order valence-corrected chi connectivity index (χ1v) is 18.3. The number of rotatable bonds is 4. The van der Waals surface area contributed by atoms with Crippen molar-refractivity contribution in [3.8, 4) is 40.3 Å². The van der Waals surface area contributed by atoms with Crippen LogP contribution in [0.15, 0.2) is 176 Å². The molecule has 0 radical (unpaired) electrons. The first-order valence-electron chi connectivity index (χ1n) is 18.3. The van der Waals surface area contributed by atoms with Crippen LogP contribution in [0.1, 0.15) is 11.1 Å². The van der Waals surface area contributed by atoms with Crippen LogP contribution in [0.5, 0.6) is 0 Å². The van der Waals surface area contributed by atoms with E-state index in [2.05, 4.69) is 177 Å². The number of aromatic nitrogens is 3. The molecule has 11 rings (SSSR count). The molecule has 5 heteroatoms. The molecule has 0 unspecified atom stereocenters. The summed E-state index contributed by atoms with van der Waals surface area (Å²) < 4.78 is 6.83. The number of nitriles is 2. The zero-order valence-electron chi connectivity index (χ0n) is 29.5. The number of hydrogen-bond acceptors (Lipinski definition) is 2. The van der Waals surface area contributed by atoms with Crippen LogP contribution in [0.4, 0.5) is 0 Å². The SMILES string of the molecule is N#Cc1ccc2c(c1)c1cc(-n3c4ccccc4c4ccccc43)ccc1n2-c1ccc(-c2cccc(-n3c4ccccc4c4ccccc43)c2)c(C#N)c1. The van der Waals surface area contributed by atoms with Gasteiger partial charge in [0.05, 0.1) is 56.4 Å². The third-order valence-electron chi connectivity index (χ3n) is 11.1. The summed E-state index contributed by atoms with van der Waals surface area (Å²) in [6.07, 6.45) is 0. The predicted molar refractivity (Wildman–Crippen MR) is 224 cm³/mol. The van der Waals surface area contributed by atoms with Gasteiger partial charge in [-0.15, -0.1) is 0 Å². The second kappa shape index (κ2) is 11.8. The summed E-state index contributed by atoms with van der Waals surface area (Å²) in [7, 11) is 0. The molecule has 55 heavy (non-hydrogen) atoms. The summed E-state index contributed by atoms with van der Waals surface area (Å²) in [5, 5.41) is 27.4. The van der Waals surface area contributed by atoms with E-state index in [0.717, 1.165) is 72.1 Å². The van der Waals surface area contributed by atoms with Gasteiger partial charge in [-0.2, -0.15) is 10.5 Å². The zero-order valence-corrected chi connectivity index (χ0v) is 29.5. The Labute approximate surface area is 316 Å². The Kier molecular flexibility index (Phi) is 6.61. The fourth-order valence-corrected chi connectivity index (χ4v) is 8.73. The van der Waals surface area contributed by atoms with Crippen LogP contribution >= 0.6 is 0 Å². The van der Waals surface area contributed by atoms with Crippen molar-refractivity contribution < 1.29 is 0 Å². The molecule has 8 aromatic carbocycles. The van der Waals surface area contributed by atoms with Crippen LogP contribution in [-0.2, 0) is 0 Å². The van der Waals surface area contributed by atoms with Crippen molar-refractivity contribution in [1.82, 2.24) is 13.7 Å². The van der Waals surface area contributed by atoms with E-state index in [9.17, 15) is 10.5 Å². The molecule has 0 aliphatic carbocycles. The van der Waals surface area contributed by atoms with Gasteiger partial charge in [-0.1, -0.05) is 91.0 Å². The maximum absolute atomic E-state index is 10.6. The first-order chi connectivity index (χ1) is 27.2. The highest BCUT2D eigenvalue weighted by molar-refractivity contribution is 6.13. The molecule has 3 aromatic heterocycles. The molecule has 0 saturated heterocycles. The normalized spacial score (nSPS) is 11.6. The van der Waals surface area contributed by atoms with E-state index < -0.39 is 0 Å². The molecule has 0 aliphatic heterocycles. The molecule has 11 aromatic rings. The van der Waals surface area contributed by atoms with Gasteiger partial charge < -0.3 is 13.7 Å². The van der Waals surface area contributed by atoms with E-state index >= 15 is 0 Å². The van der Waals surface area contributed by atoms with E-state index in [1.54, 1.807) is 0 Å². The van der Waals surface area contributed by atoms with Gasteiger partial charge in [0, 0.05) is 49.4 Å². The van der Waals surface area contributed by atoms with Crippen LogP contribution in [-0.4, -0.2) is 13.7 Å². The van der Waals surface area contributed by atoms with Crippen molar-refractivity contribution in [2.24, 2.45) is 0 Å². The highest BCUT2D eigenvalue weighted by atomic mass is 15.0. The lowest BCUT2D eigenvalue weighted by Crippen LogP contribution is -1.98. The minimum atomic E-state index is 0.586. The van der Waals surface area contributed by atoms with Gasteiger partial charge >= 0.3 is 0 Å². The van der Waals surface area contributed by atoms with Crippen molar-refractivity contribution in [1.29, 1.82) is 10.5 Å². The largest absolute Gasteiger partial charge is 0.309 e. The van der Waals surface area contributed by atoms with Crippen molar-refractivity contribution in [3.05, 3.63) is 187 Å². The molecule has 0 bridgehead atoms. The quantitative estimate of drug-likeness (QED) is 0.184. The average Bonchev–Trinajstić information content (AvgIpc) is 3.88. The topological polar surface area (TPSA) is 62.4 Å². The van der Waals surface area contributed by atoms with E-state index in [4.69, 9.17) is 0 Å². The van der Waals surface area contributed by atoms with Crippen LogP contribution in [0.2, 0.25) is 0 Å². The number of nitrogens with zero attached hydrogens (tertiary/aromatic N) is 5. The molecule has 0 N–H and O–H groups in total. The second-order valence-corrected chi connectivity index (χ2v) is 14.0. The fraction of sp³-hybridized carbons (Fsp3) is 0. The Bertz CT molecular complexity index is 3360.